The highest BCUT2D eigenvalue weighted by Crippen LogP contribution is 2.45. The van der Waals surface area contributed by atoms with Crippen LogP contribution in [0.1, 0.15) is 42.9 Å². The molecule has 0 unspecified atom stereocenters. The predicted octanol–water partition coefficient (Wildman–Crippen LogP) is 1.99. The Kier molecular flexibility index (Phi) is 4.42. The summed E-state index contributed by atoms with van der Waals surface area (Å²) in [5.74, 6) is 0.846. The topological polar surface area (TPSA) is 105 Å². The number of nitrogens with zero attached hydrogens (tertiary/aromatic N) is 5. The molecule has 5 rings (SSSR count). The first-order chi connectivity index (χ1) is 14.9. The minimum atomic E-state index is -0.494. The van der Waals surface area contributed by atoms with Crippen molar-refractivity contribution in [2.45, 2.75) is 38.1 Å². The van der Waals surface area contributed by atoms with Gasteiger partial charge in [0, 0.05) is 31.9 Å². The fourth-order valence-electron chi connectivity index (χ4n) is 4.72. The summed E-state index contributed by atoms with van der Waals surface area (Å²) < 4.78 is 1.70. The lowest BCUT2D eigenvalue weighted by molar-refractivity contribution is -0.121. The van der Waals surface area contributed by atoms with Crippen molar-refractivity contribution in [3.8, 4) is 0 Å². The van der Waals surface area contributed by atoms with Crippen molar-refractivity contribution in [2.75, 3.05) is 23.3 Å². The van der Waals surface area contributed by atoms with E-state index >= 15 is 0 Å². The Hall–Kier alpha value is -3.49. The van der Waals surface area contributed by atoms with Gasteiger partial charge in [-0.2, -0.15) is 0 Å². The van der Waals surface area contributed by atoms with Crippen LogP contribution in [0.4, 0.5) is 11.5 Å². The van der Waals surface area contributed by atoms with Crippen LogP contribution in [0.15, 0.2) is 30.6 Å². The highest BCUT2D eigenvalue weighted by molar-refractivity contribution is 6.06. The third kappa shape index (κ3) is 2.95. The number of aromatic nitrogens is 4. The summed E-state index contributed by atoms with van der Waals surface area (Å²) >= 11 is 0. The first kappa shape index (κ1) is 19.5. The molecule has 2 aliphatic rings. The van der Waals surface area contributed by atoms with E-state index in [0.717, 1.165) is 11.3 Å². The molecule has 0 bridgehead atoms. The Morgan fingerprint density at radius 3 is 2.68 bits per heavy atom. The molecular formula is C22H25N7O2. The lowest BCUT2D eigenvalue weighted by atomic mass is 9.73. The van der Waals surface area contributed by atoms with Gasteiger partial charge in [-0.05, 0) is 38.3 Å². The standard InChI is InChI=1S/C22H25N7O2/c1-13(2)25-20(30)19-27-16-17(28(19)3)23-12-24-18(16)29-10-8-22(9-11-29)14-6-4-5-7-15(14)26-21(22)31/h4-7,12-13H,8-11H2,1-3H3,(H,25,30)(H,26,31). The highest BCUT2D eigenvalue weighted by Gasteiger charge is 2.48. The second kappa shape index (κ2) is 7.04. The van der Waals surface area contributed by atoms with Gasteiger partial charge in [0.2, 0.25) is 11.7 Å². The van der Waals surface area contributed by atoms with Crippen LogP contribution in [0.3, 0.4) is 0 Å². The van der Waals surface area contributed by atoms with Crippen molar-refractivity contribution >= 4 is 34.5 Å². The number of carbonyl (C=O) groups excluding carboxylic acids is 2. The smallest absolute Gasteiger partial charge is 0.287 e. The van der Waals surface area contributed by atoms with Gasteiger partial charge < -0.3 is 20.1 Å². The van der Waals surface area contributed by atoms with Crippen molar-refractivity contribution in [2.24, 2.45) is 7.05 Å². The third-order valence-corrected chi connectivity index (χ3v) is 6.30. The van der Waals surface area contributed by atoms with Crippen LogP contribution in [0.2, 0.25) is 0 Å². The Balaban J connectivity index is 1.45. The number of aryl methyl sites for hydroxylation is 1. The number of piperidine rings is 1. The van der Waals surface area contributed by atoms with Gasteiger partial charge in [0.15, 0.2) is 17.0 Å². The zero-order valence-corrected chi connectivity index (χ0v) is 17.8. The maximum atomic E-state index is 12.9. The van der Waals surface area contributed by atoms with E-state index in [1.54, 1.807) is 11.6 Å². The normalized spacial score (nSPS) is 17.3. The van der Waals surface area contributed by atoms with E-state index in [9.17, 15) is 9.59 Å². The molecule has 31 heavy (non-hydrogen) atoms. The van der Waals surface area contributed by atoms with E-state index in [4.69, 9.17) is 0 Å². The molecule has 1 aromatic carbocycles. The summed E-state index contributed by atoms with van der Waals surface area (Å²) in [7, 11) is 1.78. The second-order valence-electron chi connectivity index (χ2n) is 8.56. The number of amides is 2. The molecule has 2 amide bonds. The Bertz CT molecular complexity index is 1190. The van der Waals surface area contributed by atoms with E-state index in [1.807, 2.05) is 38.1 Å². The van der Waals surface area contributed by atoms with E-state index < -0.39 is 5.41 Å². The van der Waals surface area contributed by atoms with Gasteiger partial charge in [0.1, 0.15) is 6.33 Å². The summed E-state index contributed by atoms with van der Waals surface area (Å²) in [6.45, 7) is 5.15. The lowest BCUT2D eigenvalue weighted by Crippen LogP contribution is -2.46. The molecule has 3 aromatic rings. The maximum absolute atomic E-state index is 12.9. The number of para-hydroxylation sites is 1. The van der Waals surface area contributed by atoms with Crippen LogP contribution in [-0.2, 0) is 17.3 Å². The molecule has 9 nitrogen and oxygen atoms in total. The van der Waals surface area contributed by atoms with Gasteiger partial charge in [-0.3, -0.25) is 9.59 Å². The first-order valence-electron chi connectivity index (χ1n) is 10.5. The predicted molar refractivity (Wildman–Crippen MR) is 117 cm³/mol. The van der Waals surface area contributed by atoms with Gasteiger partial charge in [0.25, 0.3) is 5.91 Å². The molecule has 2 aromatic heterocycles. The summed E-state index contributed by atoms with van der Waals surface area (Å²) in [4.78, 5) is 41.0. The van der Waals surface area contributed by atoms with Gasteiger partial charge in [0.05, 0.1) is 5.41 Å². The number of imidazole rings is 1. The maximum Gasteiger partial charge on any atom is 0.287 e. The zero-order valence-electron chi connectivity index (χ0n) is 17.8. The van der Waals surface area contributed by atoms with Crippen molar-refractivity contribution < 1.29 is 9.59 Å². The first-order valence-corrected chi connectivity index (χ1v) is 10.5. The summed E-state index contributed by atoms with van der Waals surface area (Å²) in [5.41, 5.74) is 2.72. The van der Waals surface area contributed by atoms with Gasteiger partial charge in [-0.15, -0.1) is 0 Å². The number of anilines is 2. The van der Waals surface area contributed by atoms with Crippen molar-refractivity contribution in [1.82, 2.24) is 24.8 Å². The molecule has 0 radical (unpaired) electrons. The van der Waals surface area contributed by atoms with Crippen LogP contribution in [0, 0.1) is 0 Å². The number of benzene rings is 1. The van der Waals surface area contributed by atoms with Crippen molar-refractivity contribution in [1.29, 1.82) is 0 Å². The number of fused-ring (bicyclic) bond motifs is 3. The minimum absolute atomic E-state index is 0.0107. The van der Waals surface area contributed by atoms with E-state index in [1.165, 1.54) is 6.33 Å². The van der Waals surface area contributed by atoms with Crippen LogP contribution in [-0.4, -0.2) is 50.5 Å². The molecule has 9 heteroatoms. The number of nitrogens with one attached hydrogen (secondary N) is 2. The van der Waals surface area contributed by atoms with Gasteiger partial charge >= 0.3 is 0 Å². The number of rotatable bonds is 3. The minimum Gasteiger partial charge on any atom is -0.355 e. The summed E-state index contributed by atoms with van der Waals surface area (Å²) in [5, 5.41) is 5.92. The lowest BCUT2D eigenvalue weighted by Gasteiger charge is -2.38. The quantitative estimate of drug-likeness (QED) is 0.673. The fraction of sp³-hybridized carbons (Fsp3) is 0.409. The van der Waals surface area contributed by atoms with Crippen LogP contribution < -0.4 is 15.5 Å². The van der Waals surface area contributed by atoms with Gasteiger partial charge in [-0.1, -0.05) is 18.2 Å². The SMILES string of the molecule is CC(C)NC(=O)c1nc2c(N3CCC4(CC3)C(=O)Nc3ccccc34)ncnc2n1C. The molecule has 0 saturated carbocycles. The van der Waals surface area contributed by atoms with Crippen LogP contribution in [0.25, 0.3) is 11.2 Å². The molecule has 1 saturated heterocycles. The Labute approximate surface area is 179 Å². The average Bonchev–Trinajstić information content (AvgIpc) is 3.23. The number of hydrogen-bond donors (Lipinski definition) is 2. The second-order valence-corrected chi connectivity index (χ2v) is 8.56. The monoisotopic (exact) mass is 419 g/mol. The third-order valence-electron chi connectivity index (χ3n) is 6.30. The zero-order chi connectivity index (χ0) is 21.8. The average molecular weight is 419 g/mol. The molecule has 160 valence electrons. The van der Waals surface area contributed by atoms with Crippen LogP contribution in [0.5, 0.6) is 0 Å². The summed E-state index contributed by atoms with van der Waals surface area (Å²) in [6, 6.07) is 7.94. The molecular weight excluding hydrogens is 394 g/mol. The van der Waals surface area contributed by atoms with Crippen LogP contribution >= 0.6 is 0 Å². The highest BCUT2D eigenvalue weighted by atomic mass is 16.2. The molecule has 4 heterocycles. The summed E-state index contributed by atoms with van der Waals surface area (Å²) in [6.07, 6.45) is 2.88. The van der Waals surface area contributed by atoms with E-state index in [2.05, 4.69) is 30.5 Å². The van der Waals surface area contributed by atoms with Crippen molar-refractivity contribution in [3.63, 3.8) is 0 Å². The van der Waals surface area contributed by atoms with Crippen molar-refractivity contribution in [3.05, 3.63) is 42.0 Å². The molecule has 1 spiro atoms. The van der Waals surface area contributed by atoms with E-state index in [0.29, 0.717) is 48.7 Å². The molecule has 0 aliphatic carbocycles. The van der Waals surface area contributed by atoms with Gasteiger partial charge in [-0.25, -0.2) is 15.0 Å². The molecule has 0 atom stereocenters. The number of carbonyl (C=O) groups is 2. The largest absolute Gasteiger partial charge is 0.355 e. The Morgan fingerprint density at radius 1 is 1.19 bits per heavy atom. The number of hydrogen-bond acceptors (Lipinski definition) is 6. The Morgan fingerprint density at radius 2 is 1.94 bits per heavy atom. The fourth-order valence-corrected chi connectivity index (χ4v) is 4.72. The van der Waals surface area contributed by atoms with E-state index in [-0.39, 0.29) is 17.9 Å². The molecule has 2 N–H and O–H groups in total. The molecule has 2 aliphatic heterocycles. The molecule has 1 fully saturated rings.